The molecule has 1 amide bonds. The summed E-state index contributed by atoms with van der Waals surface area (Å²) in [6, 6.07) is 26.9. The number of nitrogens with one attached hydrogen (secondary N) is 2. The van der Waals surface area contributed by atoms with Crippen molar-refractivity contribution in [2.45, 2.75) is 4.90 Å². The van der Waals surface area contributed by atoms with Gasteiger partial charge in [-0.1, -0.05) is 36.4 Å². The summed E-state index contributed by atoms with van der Waals surface area (Å²) >= 11 is 1.52. The van der Waals surface area contributed by atoms with Crippen LogP contribution in [-0.2, 0) is 0 Å². The zero-order valence-corrected chi connectivity index (χ0v) is 13.2. The molecule has 0 aliphatic carbocycles. The van der Waals surface area contributed by atoms with Gasteiger partial charge >= 0.3 is 0 Å². The Morgan fingerprint density at radius 3 is 1.87 bits per heavy atom. The molecule has 3 nitrogen and oxygen atoms in total. The zero-order valence-electron chi connectivity index (χ0n) is 12.4. The molecule has 0 spiro atoms. The summed E-state index contributed by atoms with van der Waals surface area (Å²) < 4.78 is 3.27. The van der Waals surface area contributed by atoms with E-state index in [0.29, 0.717) is 5.56 Å². The lowest BCUT2D eigenvalue weighted by Crippen LogP contribution is -2.11. The predicted molar refractivity (Wildman–Crippen MR) is 96.8 cm³/mol. The maximum Gasteiger partial charge on any atom is 0.255 e. The van der Waals surface area contributed by atoms with Crippen LogP contribution in [0.25, 0.3) is 0 Å². The average Bonchev–Trinajstić information content (AvgIpc) is 2.62. The number of amides is 1. The van der Waals surface area contributed by atoms with Gasteiger partial charge in [0, 0.05) is 21.8 Å². The second kappa shape index (κ2) is 7.51. The maximum atomic E-state index is 12.2. The highest BCUT2D eigenvalue weighted by Gasteiger charge is 2.06. The molecule has 0 aliphatic heterocycles. The second-order valence-corrected chi connectivity index (χ2v) is 5.79. The van der Waals surface area contributed by atoms with Gasteiger partial charge in [-0.3, -0.25) is 4.79 Å². The van der Waals surface area contributed by atoms with E-state index in [2.05, 4.69) is 10.0 Å². The number of carbonyl (C=O) groups is 1. The second-order valence-electron chi connectivity index (χ2n) is 4.91. The summed E-state index contributed by atoms with van der Waals surface area (Å²) in [7, 11) is 0. The van der Waals surface area contributed by atoms with Crippen LogP contribution in [0.2, 0.25) is 0 Å². The highest BCUT2D eigenvalue weighted by molar-refractivity contribution is 8.00. The van der Waals surface area contributed by atoms with Crippen molar-refractivity contribution in [3.63, 3.8) is 0 Å². The Hall–Kier alpha value is -2.72. The Balaban J connectivity index is 1.59. The summed E-state index contributed by atoms with van der Waals surface area (Å²) in [5.74, 6) is -0.108. The molecule has 0 radical (unpaired) electrons. The van der Waals surface area contributed by atoms with Crippen LogP contribution < -0.4 is 10.0 Å². The van der Waals surface area contributed by atoms with Crippen LogP contribution in [-0.4, -0.2) is 5.91 Å². The lowest BCUT2D eigenvalue weighted by molar-refractivity contribution is 0.102. The van der Waals surface area contributed by atoms with E-state index in [1.807, 2.05) is 84.9 Å². The Morgan fingerprint density at radius 1 is 0.696 bits per heavy atom. The molecule has 0 atom stereocenters. The molecule has 0 bridgehead atoms. The number of anilines is 2. The average molecular weight is 320 g/mol. The molecule has 0 fully saturated rings. The number of hydrogen-bond acceptors (Lipinski definition) is 3. The molecular weight excluding hydrogens is 304 g/mol. The van der Waals surface area contributed by atoms with Crippen LogP contribution >= 0.6 is 11.9 Å². The van der Waals surface area contributed by atoms with Gasteiger partial charge in [-0.2, -0.15) is 0 Å². The summed E-state index contributed by atoms with van der Waals surface area (Å²) in [6.45, 7) is 0. The van der Waals surface area contributed by atoms with Gasteiger partial charge in [-0.05, 0) is 60.5 Å². The molecule has 23 heavy (non-hydrogen) atoms. The van der Waals surface area contributed by atoms with E-state index >= 15 is 0 Å². The van der Waals surface area contributed by atoms with Crippen molar-refractivity contribution in [3.8, 4) is 0 Å². The van der Waals surface area contributed by atoms with Crippen LogP contribution in [0.4, 0.5) is 11.4 Å². The first-order valence-corrected chi connectivity index (χ1v) is 8.07. The Labute approximate surface area is 139 Å². The van der Waals surface area contributed by atoms with E-state index < -0.39 is 0 Å². The van der Waals surface area contributed by atoms with Gasteiger partial charge in [0.15, 0.2) is 0 Å². The largest absolute Gasteiger partial charge is 0.326 e. The van der Waals surface area contributed by atoms with Crippen molar-refractivity contribution in [1.82, 2.24) is 0 Å². The van der Waals surface area contributed by atoms with Gasteiger partial charge in [-0.25, -0.2) is 0 Å². The van der Waals surface area contributed by atoms with Crippen LogP contribution in [0, 0.1) is 0 Å². The third kappa shape index (κ3) is 4.37. The third-order valence-corrected chi connectivity index (χ3v) is 4.05. The smallest absolute Gasteiger partial charge is 0.255 e. The normalized spacial score (nSPS) is 10.1. The molecule has 0 saturated heterocycles. The number of hydrogen-bond donors (Lipinski definition) is 2. The van der Waals surface area contributed by atoms with E-state index in [1.54, 1.807) is 0 Å². The zero-order chi connectivity index (χ0) is 15.9. The van der Waals surface area contributed by atoms with Crippen LogP contribution in [0.1, 0.15) is 10.4 Å². The quantitative estimate of drug-likeness (QED) is 0.646. The van der Waals surface area contributed by atoms with E-state index in [-0.39, 0.29) is 5.91 Å². The fraction of sp³-hybridized carbons (Fsp3) is 0. The predicted octanol–water partition coefficient (Wildman–Crippen LogP) is 5.06. The van der Waals surface area contributed by atoms with Crippen molar-refractivity contribution in [2.75, 3.05) is 10.0 Å². The van der Waals surface area contributed by atoms with Gasteiger partial charge in [-0.15, -0.1) is 0 Å². The van der Waals surface area contributed by atoms with Gasteiger partial charge < -0.3 is 10.0 Å². The first-order chi connectivity index (χ1) is 11.3. The van der Waals surface area contributed by atoms with E-state index in [1.165, 1.54) is 11.9 Å². The van der Waals surface area contributed by atoms with Gasteiger partial charge in [0.05, 0.1) is 0 Å². The molecule has 0 saturated carbocycles. The Kier molecular flexibility index (Phi) is 4.96. The molecule has 0 unspecified atom stereocenters. The molecule has 3 aromatic carbocycles. The molecule has 3 aromatic rings. The first-order valence-electron chi connectivity index (χ1n) is 7.26. The highest BCUT2D eigenvalue weighted by atomic mass is 32.2. The standard InChI is InChI=1S/C19H16N2OS/c22-19(20-16-7-3-1-4-8-16)15-11-13-18(14-12-15)23-21-17-9-5-2-6-10-17/h1-14,21H,(H,20,22). The SMILES string of the molecule is O=C(Nc1ccccc1)c1ccc(SNc2ccccc2)cc1. The van der Waals surface area contributed by atoms with E-state index in [0.717, 1.165) is 16.3 Å². The van der Waals surface area contributed by atoms with Crippen LogP contribution in [0.5, 0.6) is 0 Å². The fourth-order valence-corrected chi connectivity index (χ4v) is 2.67. The van der Waals surface area contributed by atoms with Crippen LogP contribution in [0.15, 0.2) is 89.8 Å². The molecule has 2 N–H and O–H groups in total. The van der Waals surface area contributed by atoms with Gasteiger partial charge in [0.1, 0.15) is 0 Å². The van der Waals surface area contributed by atoms with Gasteiger partial charge in [0.25, 0.3) is 5.91 Å². The molecule has 3 rings (SSSR count). The van der Waals surface area contributed by atoms with Gasteiger partial charge in [0.2, 0.25) is 0 Å². The van der Waals surface area contributed by atoms with Crippen molar-refractivity contribution >= 4 is 29.2 Å². The minimum Gasteiger partial charge on any atom is -0.326 e. The molecular formula is C19H16N2OS. The van der Waals surface area contributed by atoms with Crippen LogP contribution in [0.3, 0.4) is 0 Å². The first kappa shape index (κ1) is 15.2. The molecule has 0 heterocycles. The van der Waals surface area contributed by atoms with Crippen molar-refractivity contribution in [3.05, 3.63) is 90.5 Å². The molecule has 0 aliphatic rings. The maximum absolute atomic E-state index is 12.2. The molecule has 114 valence electrons. The molecule has 4 heteroatoms. The highest BCUT2D eigenvalue weighted by Crippen LogP contribution is 2.21. The minimum atomic E-state index is -0.108. The summed E-state index contributed by atoms with van der Waals surface area (Å²) in [6.07, 6.45) is 0. The number of benzene rings is 3. The summed E-state index contributed by atoms with van der Waals surface area (Å²) in [5.41, 5.74) is 2.48. The van der Waals surface area contributed by atoms with E-state index in [9.17, 15) is 4.79 Å². The minimum absolute atomic E-state index is 0.108. The lowest BCUT2D eigenvalue weighted by Gasteiger charge is -2.07. The summed E-state index contributed by atoms with van der Waals surface area (Å²) in [5, 5.41) is 2.87. The van der Waals surface area contributed by atoms with Crippen molar-refractivity contribution < 1.29 is 4.79 Å². The van der Waals surface area contributed by atoms with Crippen molar-refractivity contribution in [2.24, 2.45) is 0 Å². The topological polar surface area (TPSA) is 41.1 Å². The molecule has 0 aromatic heterocycles. The lowest BCUT2D eigenvalue weighted by atomic mass is 10.2. The van der Waals surface area contributed by atoms with Crippen molar-refractivity contribution in [1.29, 1.82) is 0 Å². The number of rotatable bonds is 5. The summed E-state index contributed by atoms with van der Waals surface area (Å²) in [4.78, 5) is 13.2. The Bertz CT molecular complexity index is 758. The fourth-order valence-electron chi connectivity index (χ4n) is 2.02. The van der Waals surface area contributed by atoms with E-state index in [4.69, 9.17) is 0 Å². The third-order valence-electron chi connectivity index (χ3n) is 3.21. The number of carbonyl (C=O) groups excluding carboxylic acids is 1. The monoisotopic (exact) mass is 320 g/mol. The Morgan fingerprint density at radius 2 is 1.26 bits per heavy atom. The number of para-hydroxylation sites is 2.